The van der Waals surface area contributed by atoms with Gasteiger partial charge < -0.3 is 9.47 Å². The highest BCUT2D eigenvalue weighted by atomic mass is 32.2. The van der Waals surface area contributed by atoms with E-state index in [0.29, 0.717) is 11.1 Å². The number of nitrogens with zero attached hydrogens (tertiary/aromatic N) is 1. The summed E-state index contributed by atoms with van der Waals surface area (Å²) in [4.78, 5) is 16.1. The van der Waals surface area contributed by atoms with Crippen LogP contribution in [0.4, 0.5) is 4.39 Å². The molecule has 0 saturated carbocycles. The van der Waals surface area contributed by atoms with Crippen molar-refractivity contribution < 1.29 is 27.1 Å². The van der Waals surface area contributed by atoms with Crippen molar-refractivity contribution in [2.75, 3.05) is 7.11 Å². The summed E-state index contributed by atoms with van der Waals surface area (Å²) in [7, 11) is -2.72. The average molecular weight is 434 g/mol. The zero-order valence-electron chi connectivity index (χ0n) is 17.0. The molecule has 3 rings (SSSR count). The second-order valence-electron chi connectivity index (χ2n) is 7.48. The second-order valence-corrected chi connectivity index (χ2v) is 9.25. The smallest absolute Gasteiger partial charge is 0.337 e. The van der Waals surface area contributed by atoms with Crippen LogP contribution in [0.25, 0.3) is 0 Å². The fourth-order valence-electron chi connectivity index (χ4n) is 3.52. The summed E-state index contributed by atoms with van der Waals surface area (Å²) < 4.78 is 53.1. The lowest BCUT2D eigenvalue weighted by molar-refractivity contribution is 0.0597. The predicted octanol–water partition coefficient (Wildman–Crippen LogP) is 3.50. The Morgan fingerprint density at radius 3 is 2.57 bits per heavy atom. The molecule has 2 aromatic rings. The Bertz CT molecular complexity index is 1100. The van der Waals surface area contributed by atoms with Crippen LogP contribution >= 0.6 is 0 Å². The first kappa shape index (κ1) is 21.8. The van der Waals surface area contributed by atoms with Gasteiger partial charge in [0.15, 0.2) is 0 Å². The quantitative estimate of drug-likeness (QED) is 0.744. The Morgan fingerprint density at radius 1 is 1.23 bits per heavy atom. The van der Waals surface area contributed by atoms with Gasteiger partial charge in [0.1, 0.15) is 16.7 Å². The van der Waals surface area contributed by atoms with Crippen molar-refractivity contribution in [3.8, 4) is 0 Å². The predicted molar refractivity (Wildman–Crippen MR) is 110 cm³/mol. The lowest BCUT2D eigenvalue weighted by atomic mass is 9.96. The molecule has 2 atom stereocenters. The first-order valence-corrected chi connectivity index (χ1v) is 10.8. The summed E-state index contributed by atoms with van der Waals surface area (Å²) in [5.41, 5.74) is -0.296. The average Bonchev–Trinajstić information content (AvgIpc) is 2.65. The topological polar surface area (TPSA) is 94.1 Å². The summed E-state index contributed by atoms with van der Waals surface area (Å²) in [6.45, 7) is 4.87. The molecule has 0 aliphatic carbocycles. The molecule has 1 aliphatic rings. The van der Waals surface area contributed by atoms with Gasteiger partial charge in [-0.3, -0.25) is 0 Å². The van der Waals surface area contributed by atoms with Gasteiger partial charge in [-0.2, -0.15) is 0 Å². The van der Waals surface area contributed by atoms with E-state index < -0.39 is 38.7 Å². The molecule has 1 fully saturated rings. The lowest BCUT2D eigenvalue weighted by Gasteiger charge is -2.39. The van der Waals surface area contributed by atoms with Crippen LogP contribution in [0, 0.1) is 5.82 Å². The Kier molecular flexibility index (Phi) is 5.85. The first-order valence-electron chi connectivity index (χ1n) is 9.26. The van der Waals surface area contributed by atoms with Gasteiger partial charge in [-0.05, 0) is 44.5 Å². The highest BCUT2D eigenvalue weighted by Gasteiger charge is 2.48. The Morgan fingerprint density at radius 2 is 1.93 bits per heavy atom. The molecule has 0 aromatic heterocycles. The van der Waals surface area contributed by atoms with Gasteiger partial charge in [-0.15, -0.1) is 0 Å². The van der Waals surface area contributed by atoms with E-state index in [-0.39, 0.29) is 11.6 Å². The summed E-state index contributed by atoms with van der Waals surface area (Å²) in [6.07, 6.45) is 0. The summed E-state index contributed by atoms with van der Waals surface area (Å²) in [5.74, 6) is -1.01. The van der Waals surface area contributed by atoms with Crippen molar-refractivity contribution in [3.63, 3.8) is 0 Å². The van der Waals surface area contributed by atoms with E-state index >= 15 is 0 Å². The molecule has 1 aliphatic heterocycles. The van der Waals surface area contributed by atoms with Gasteiger partial charge in [-0.25, -0.2) is 27.3 Å². The molecule has 30 heavy (non-hydrogen) atoms. The summed E-state index contributed by atoms with van der Waals surface area (Å²) >= 11 is 0. The van der Waals surface area contributed by atoms with Gasteiger partial charge in [0, 0.05) is 5.56 Å². The molecule has 0 spiro atoms. The van der Waals surface area contributed by atoms with E-state index in [9.17, 15) is 17.6 Å². The number of ether oxygens (including phenoxy) is 2. The van der Waals surface area contributed by atoms with E-state index in [1.54, 1.807) is 51.1 Å². The first-order chi connectivity index (χ1) is 14.0. The van der Waals surface area contributed by atoms with Crippen LogP contribution in [0.1, 0.15) is 53.5 Å². The standard InChI is InChI=1S/C21H23FN2O5S/c1-13(16-10-5-6-11-17(16)22)23-20-24-30(26,27)18(21(2,3)29-20)14-8-7-9-15(12-14)19(25)28-4/h5-13,18H,1-4H3,(H,23,24). The van der Waals surface area contributed by atoms with Crippen molar-refractivity contribution in [1.29, 1.82) is 0 Å². The van der Waals surface area contributed by atoms with Crippen LogP contribution in [0.5, 0.6) is 0 Å². The number of nitrogens with one attached hydrogen (secondary N) is 1. The Balaban J connectivity index is 1.95. The molecule has 160 valence electrons. The van der Waals surface area contributed by atoms with Crippen LogP contribution in [0.2, 0.25) is 0 Å². The van der Waals surface area contributed by atoms with Crippen molar-refractivity contribution in [2.45, 2.75) is 37.7 Å². The molecule has 1 heterocycles. The number of rotatable bonds is 4. The van der Waals surface area contributed by atoms with Crippen molar-refractivity contribution in [3.05, 3.63) is 71.0 Å². The number of methoxy groups -OCH3 is 1. The van der Waals surface area contributed by atoms with E-state index in [1.807, 2.05) is 0 Å². The van der Waals surface area contributed by atoms with Crippen LogP contribution in [-0.2, 0) is 19.5 Å². The fourth-order valence-corrected chi connectivity index (χ4v) is 5.27. The number of halogens is 1. The van der Waals surface area contributed by atoms with E-state index in [1.165, 1.54) is 25.3 Å². The van der Waals surface area contributed by atoms with Crippen LogP contribution in [0.3, 0.4) is 0 Å². The van der Waals surface area contributed by atoms with Gasteiger partial charge >= 0.3 is 5.97 Å². The van der Waals surface area contributed by atoms with E-state index in [4.69, 9.17) is 9.47 Å². The fraction of sp³-hybridized carbons (Fsp3) is 0.333. The van der Waals surface area contributed by atoms with Crippen molar-refractivity contribution in [1.82, 2.24) is 4.72 Å². The zero-order chi connectivity index (χ0) is 22.1. The largest absolute Gasteiger partial charge is 0.465 e. The molecule has 0 amide bonds. The van der Waals surface area contributed by atoms with Crippen LogP contribution in [-0.4, -0.2) is 33.1 Å². The normalized spacial score (nSPS) is 21.9. The number of benzene rings is 2. The molecular weight excluding hydrogens is 411 g/mol. The monoisotopic (exact) mass is 434 g/mol. The highest BCUT2D eigenvalue weighted by Crippen LogP contribution is 2.39. The molecule has 0 radical (unpaired) electrons. The number of carbonyl (C=O) groups is 1. The third-order valence-electron chi connectivity index (χ3n) is 4.81. The number of hydrogen-bond donors (Lipinski definition) is 1. The number of hydrogen-bond acceptors (Lipinski definition) is 6. The number of carbonyl (C=O) groups excluding carboxylic acids is 1. The van der Waals surface area contributed by atoms with Gasteiger partial charge in [0.05, 0.1) is 18.7 Å². The summed E-state index contributed by atoms with van der Waals surface area (Å²) in [5, 5.41) is -1.11. The van der Waals surface area contributed by atoms with E-state index in [0.717, 1.165) is 0 Å². The van der Waals surface area contributed by atoms with Crippen LogP contribution < -0.4 is 4.72 Å². The molecule has 9 heteroatoms. The molecule has 2 unspecified atom stereocenters. The third kappa shape index (κ3) is 4.30. The van der Waals surface area contributed by atoms with Gasteiger partial charge in [-0.1, -0.05) is 30.3 Å². The molecule has 2 aromatic carbocycles. The van der Waals surface area contributed by atoms with E-state index in [2.05, 4.69) is 9.71 Å². The minimum atomic E-state index is -3.97. The van der Waals surface area contributed by atoms with Crippen molar-refractivity contribution in [2.24, 2.45) is 4.99 Å². The van der Waals surface area contributed by atoms with Crippen molar-refractivity contribution >= 4 is 22.0 Å². The van der Waals surface area contributed by atoms with Gasteiger partial charge in [0.25, 0.3) is 6.02 Å². The molecule has 1 saturated heterocycles. The maximum atomic E-state index is 14.0. The maximum Gasteiger partial charge on any atom is 0.337 e. The SMILES string of the molecule is COC(=O)c1cccc(C2C(C)(C)OC(=NC(C)c3ccccc3F)NS2(=O)=O)c1. The van der Waals surface area contributed by atoms with Gasteiger partial charge in [0.2, 0.25) is 10.0 Å². The Hall–Kier alpha value is -2.94. The minimum absolute atomic E-state index is 0.212. The minimum Gasteiger partial charge on any atom is -0.465 e. The molecule has 0 bridgehead atoms. The second kappa shape index (κ2) is 8.06. The highest BCUT2D eigenvalue weighted by molar-refractivity contribution is 7.90. The lowest BCUT2D eigenvalue weighted by Crippen LogP contribution is -2.53. The molecular formula is C21H23FN2O5S. The number of sulfonamides is 1. The number of esters is 1. The summed E-state index contributed by atoms with van der Waals surface area (Å²) in [6, 6.07) is 11.4. The zero-order valence-corrected chi connectivity index (χ0v) is 17.9. The van der Waals surface area contributed by atoms with Crippen LogP contribution in [0.15, 0.2) is 53.5 Å². The molecule has 7 nitrogen and oxygen atoms in total. The molecule has 1 N–H and O–H groups in total. The number of aliphatic imine (C=N–C) groups is 1. The maximum absolute atomic E-state index is 14.0. The third-order valence-corrected chi connectivity index (χ3v) is 6.73. The Labute approximate surface area is 175 Å². The number of amidine groups is 1.